The van der Waals surface area contributed by atoms with Crippen LogP contribution in [-0.4, -0.2) is 21.0 Å². The van der Waals surface area contributed by atoms with Crippen LogP contribution >= 0.6 is 0 Å². The van der Waals surface area contributed by atoms with Gasteiger partial charge in [0.25, 0.3) is 0 Å². The van der Waals surface area contributed by atoms with Crippen LogP contribution in [-0.2, 0) is 19.4 Å². The third-order valence-corrected chi connectivity index (χ3v) is 5.82. The van der Waals surface area contributed by atoms with Crippen LogP contribution in [0.3, 0.4) is 0 Å². The summed E-state index contributed by atoms with van der Waals surface area (Å²) in [5, 5.41) is 0. The van der Waals surface area contributed by atoms with E-state index in [1.165, 1.54) is 0 Å². The van der Waals surface area contributed by atoms with E-state index < -0.39 is 9.84 Å². The standard InChI is InChI=1S/C16H18O4S/c17-16-13(8-9-20-16)11-15(10-12-6-7-12)21(18,19)14-4-2-1-3-5-14/h1-5,10,12-13H,6-9,11H2/b15-10+. The third-order valence-electron chi connectivity index (χ3n) is 3.93. The molecule has 1 atom stereocenters. The van der Waals surface area contributed by atoms with Gasteiger partial charge in [0.05, 0.1) is 17.4 Å². The number of hydrogen-bond donors (Lipinski definition) is 0. The van der Waals surface area contributed by atoms with Crippen molar-refractivity contribution in [2.24, 2.45) is 11.8 Å². The molecule has 1 aliphatic carbocycles. The molecule has 4 nitrogen and oxygen atoms in total. The minimum Gasteiger partial charge on any atom is -0.465 e. The van der Waals surface area contributed by atoms with E-state index >= 15 is 0 Å². The summed E-state index contributed by atoms with van der Waals surface area (Å²) in [7, 11) is -3.51. The van der Waals surface area contributed by atoms with Gasteiger partial charge in [-0.3, -0.25) is 4.79 Å². The van der Waals surface area contributed by atoms with Crippen molar-refractivity contribution < 1.29 is 17.9 Å². The van der Waals surface area contributed by atoms with Crippen molar-refractivity contribution in [3.05, 3.63) is 41.3 Å². The van der Waals surface area contributed by atoms with Gasteiger partial charge in [-0.1, -0.05) is 24.3 Å². The predicted molar refractivity (Wildman–Crippen MR) is 78.1 cm³/mol. The van der Waals surface area contributed by atoms with Crippen molar-refractivity contribution >= 4 is 15.8 Å². The lowest BCUT2D eigenvalue weighted by atomic mass is 10.0. The van der Waals surface area contributed by atoms with Crippen molar-refractivity contribution in [2.75, 3.05) is 6.61 Å². The zero-order valence-corrected chi connectivity index (χ0v) is 12.5. The molecule has 0 bridgehead atoms. The van der Waals surface area contributed by atoms with Gasteiger partial charge in [0, 0.05) is 4.91 Å². The molecule has 2 fully saturated rings. The second-order valence-electron chi connectivity index (χ2n) is 5.64. The molecule has 0 aromatic heterocycles. The first-order valence-electron chi connectivity index (χ1n) is 7.25. The topological polar surface area (TPSA) is 60.4 Å². The van der Waals surface area contributed by atoms with Crippen molar-refractivity contribution in [2.45, 2.75) is 30.6 Å². The van der Waals surface area contributed by atoms with E-state index in [2.05, 4.69) is 0 Å². The predicted octanol–water partition coefficient (Wildman–Crippen LogP) is 2.71. The van der Waals surface area contributed by atoms with Gasteiger partial charge in [-0.25, -0.2) is 8.42 Å². The summed E-state index contributed by atoms with van der Waals surface area (Å²) in [4.78, 5) is 12.3. The molecule has 1 unspecified atom stereocenters. The lowest BCUT2D eigenvalue weighted by Gasteiger charge is -2.12. The number of esters is 1. The largest absolute Gasteiger partial charge is 0.465 e. The maximum Gasteiger partial charge on any atom is 0.309 e. The van der Waals surface area contributed by atoms with Gasteiger partial charge in [-0.05, 0) is 43.7 Å². The van der Waals surface area contributed by atoms with Gasteiger partial charge >= 0.3 is 5.97 Å². The molecule has 0 N–H and O–H groups in total. The summed E-state index contributed by atoms with van der Waals surface area (Å²) in [6.07, 6.45) is 4.76. The molecule has 1 heterocycles. The number of carbonyl (C=O) groups excluding carboxylic acids is 1. The molecule has 2 aliphatic rings. The minimum atomic E-state index is -3.51. The molecule has 1 aromatic carbocycles. The highest BCUT2D eigenvalue weighted by molar-refractivity contribution is 7.95. The molecule has 1 aliphatic heterocycles. The smallest absolute Gasteiger partial charge is 0.309 e. The Morgan fingerprint density at radius 1 is 1.19 bits per heavy atom. The van der Waals surface area contributed by atoms with Crippen LogP contribution in [0.2, 0.25) is 0 Å². The second-order valence-corrected chi connectivity index (χ2v) is 7.65. The lowest BCUT2D eigenvalue weighted by Crippen LogP contribution is -2.14. The van der Waals surface area contributed by atoms with E-state index in [0.717, 1.165) is 12.8 Å². The van der Waals surface area contributed by atoms with Gasteiger partial charge in [0.2, 0.25) is 9.84 Å². The van der Waals surface area contributed by atoms with Crippen LogP contribution in [0.5, 0.6) is 0 Å². The molecule has 0 spiro atoms. The Morgan fingerprint density at radius 2 is 1.90 bits per heavy atom. The number of carbonyl (C=O) groups is 1. The Labute approximate surface area is 124 Å². The first kappa shape index (κ1) is 14.3. The van der Waals surface area contributed by atoms with E-state index in [9.17, 15) is 13.2 Å². The summed E-state index contributed by atoms with van der Waals surface area (Å²) in [6.45, 7) is 0.394. The van der Waals surface area contributed by atoms with Crippen LogP contribution in [0.1, 0.15) is 25.7 Å². The van der Waals surface area contributed by atoms with Crippen LogP contribution in [0.15, 0.2) is 46.2 Å². The summed E-state index contributed by atoms with van der Waals surface area (Å²) < 4.78 is 30.5. The fraction of sp³-hybridized carbons (Fsp3) is 0.438. The molecule has 21 heavy (non-hydrogen) atoms. The maximum absolute atomic E-state index is 12.8. The molecular formula is C16H18O4S. The van der Waals surface area contributed by atoms with E-state index in [0.29, 0.717) is 28.7 Å². The summed E-state index contributed by atoms with van der Waals surface area (Å²) in [5.41, 5.74) is 0. The average Bonchev–Trinajstić information content (AvgIpc) is 3.21. The van der Waals surface area contributed by atoms with Gasteiger partial charge in [-0.2, -0.15) is 0 Å². The fourth-order valence-corrected chi connectivity index (χ4v) is 4.12. The number of benzene rings is 1. The number of sulfone groups is 1. The molecular weight excluding hydrogens is 288 g/mol. The third kappa shape index (κ3) is 3.18. The van der Waals surface area contributed by atoms with Crippen LogP contribution in [0.4, 0.5) is 0 Å². The molecule has 3 rings (SSSR count). The highest BCUT2D eigenvalue weighted by Crippen LogP contribution is 2.36. The molecule has 1 saturated heterocycles. The summed E-state index contributed by atoms with van der Waals surface area (Å²) >= 11 is 0. The van der Waals surface area contributed by atoms with E-state index in [1.807, 2.05) is 6.08 Å². The molecule has 5 heteroatoms. The van der Waals surface area contributed by atoms with Gasteiger partial charge in [0.15, 0.2) is 0 Å². The quantitative estimate of drug-likeness (QED) is 0.785. The van der Waals surface area contributed by atoms with Gasteiger partial charge in [-0.15, -0.1) is 0 Å². The monoisotopic (exact) mass is 306 g/mol. The number of hydrogen-bond acceptors (Lipinski definition) is 4. The molecule has 0 amide bonds. The van der Waals surface area contributed by atoms with Crippen LogP contribution in [0.25, 0.3) is 0 Å². The highest BCUT2D eigenvalue weighted by Gasteiger charge is 2.33. The Bertz CT molecular complexity index is 657. The average molecular weight is 306 g/mol. The first-order chi connectivity index (χ1) is 10.1. The minimum absolute atomic E-state index is 0.257. The summed E-state index contributed by atoms with van der Waals surface area (Å²) in [5.74, 6) is -0.260. The Kier molecular flexibility index (Phi) is 3.85. The van der Waals surface area contributed by atoms with Gasteiger partial charge < -0.3 is 4.74 Å². The van der Waals surface area contributed by atoms with Gasteiger partial charge in [0.1, 0.15) is 0 Å². The Hall–Kier alpha value is -1.62. The molecule has 112 valence electrons. The SMILES string of the molecule is O=C1OCCC1C/C(=C\C1CC1)S(=O)(=O)c1ccccc1. The van der Waals surface area contributed by atoms with E-state index in [-0.39, 0.29) is 18.3 Å². The Balaban J connectivity index is 1.90. The van der Waals surface area contributed by atoms with Crippen LogP contribution in [0, 0.1) is 11.8 Å². The normalized spacial score (nSPS) is 23.1. The highest BCUT2D eigenvalue weighted by atomic mass is 32.2. The number of allylic oxidation sites excluding steroid dienone is 2. The van der Waals surface area contributed by atoms with E-state index in [4.69, 9.17) is 4.74 Å². The molecule has 0 radical (unpaired) electrons. The second kappa shape index (κ2) is 5.64. The number of ether oxygens (including phenoxy) is 1. The lowest BCUT2D eigenvalue weighted by molar-refractivity contribution is -0.141. The zero-order chi connectivity index (χ0) is 14.9. The fourth-order valence-electron chi connectivity index (χ4n) is 2.51. The molecule has 1 aromatic rings. The number of rotatable bonds is 5. The van der Waals surface area contributed by atoms with Crippen LogP contribution < -0.4 is 0 Å². The van der Waals surface area contributed by atoms with Crippen molar-refractivity contribution in [1.82, 2.24) is 0 Å². The van der Waals surface area contributed by atoms with Crippen molar-refractivity contribution in [1.29, 1.82) is 0 Å². The maximum atomic E-state index is 12.8. The zero-order valence-electron chi connectivity index (χ0n) is 11.7. The Morgan fingerprint density at radius 3 is 2.48 bits per heavy atom. The van der Waals surface area contributed by atoms with Crippen molar-refractivity contribution in [3.63, 3.8) is 0 Å². The first-order valence-corrected chi connectivity index (χ1v) is 8.73. The van der Waals surface area contributed by atoms with E-state index in [1.54, 1.807) is 30.3 Å². The molecule has 1 saturated carbocycles. The summed E-state index contributed by atoms with van der Waals surface area (Å²) in [6, 6.07) is 8.42. The number of cyclic esters (lactones) is 1. The van der Waals surface area contributed by atoms with Crippen molar-refractivity contribution in [3.8, 4) is 0 Å².